The molecule has 0 N–H and O–H groups in total. The standard InChI is InChI=1S/C25H23F3N6O2/c1-14-10-16(6-7-29-14)19-13-34(8-9-36-19)21-11-18-22(24(35)33(3)15(2)31-18)23(32-21)17-4-5-20(30-12-17)25(26,27)28/h4-7,10-12,19H,8-9,13H2,1-3H3/t19-/m0/s1. The van der Waals surface area contributed by atoms with Gasteiger partial charge in [-0.25, -0.2) is 9.97 Å². The molecule has 1 atom stereocenters. The second-order valence-corrected chi connectivity index (χ2v) is 8.71. The number of anilines is 1. The van der Waals surface area contributed by atoms with Crippen LogP contribution in [0.1, 0.15) is 28.9 Å². The zero-order valence-corrected chi connectivity index (χ0v) is 19.9. The Hall–Kier alpha value is -3.86. The van der Waals surface area contributed by atoms with Crippen molar-refractivity contribution in [3.8, 4) is 11.3 Å². The summed E-state index contributed by atoms with van der Waals surface area (Å²) < 4.78 is 46.6. The normalized spacial score (nSPS) is 16.5. The Morgan fingerprint density at radius 2 is 1.89 bits per heavy atom. The van der Waals surface area contributed by atoms with E-state index in [-0.39, 0.29) is 22.7 Å². The van der Waals surface area contributed by atoms with E-state index < -0.39 is 11.9 Å². The van der Waals surface area contributed by atoms with Crippen molar-refractivity contribution in [2.45, 2.75) is 26.1 Å². The summed E-state index contributed by atoms with van der Waals surface area (Å²) >= 11 is 0. The number of aryl methyl sites for hydroxylation is 2. The zero-order chi connectivity index (χ0) is 25.6. The predicted octanol–water partition coefficient (Wildman–Crippen LogP) is 4.00. The predicted molar refractivity (Wildman–Crippen MR) is 128 cm³/mol. The van der Waals surface area contributed by atoms with E-state index in [0.717, 1.165) is 23.5 Å². The van der Waals surface area contributed by atoms with Gasteiger partial charge in [-0.2, -0.15) is 13.2 Å². The molecule has 1 aliphatic rings. The van der Waals surface area contributed by atoms with Crippen molar-refractivity contribution in [2.24, 2.45) is 7.05 Å². The summed E-state index contributed by atoms with van der Waals surface area (Å²) in [7, 11) is 1.59. The van der Waals surface area contributed by atoms with E-state index in [1.165, 1.54) is 10.6 Å². The van der Waals surface area contributed by atoms with Gasteiger partial charge in [-0.05, 0) is 43.7 Å². The fourth-order valence-corrected chi connectivity index (χ4v) is 4.28. The number of aromatic nitrogens is 5. The lowest BCUT2D eigenvalue weighted by Crippen LogP contribution is -2.39. The molecule has 0 aliphatic carbocycles. The summed E-state index contributed by atoms with van der Waals surface area (Å²) in [4.78, 5) is 32.3. The third-order valence-electron chi connectivity index (χ3n) is 6.28. The van der Waals surface area contributed by atoms with E-state index in [9.17, 15) is 18.0 Å². The van der Waals surface area contributed by atoms with Gasteiger partial charge in [0.25, 0.3) is 5.56 Å². The number of hydrogen-bond donors (Lipinski definition) is 0. The molecule has 5 heterocycles. The maximum absolute atomic E-state index is 13.2. The Balaban J connectivity index is 1.62. The molecule has 186 valence electrons. The van der Waals surface area contributed by atoms with Crippen LogP contribution in [0.3, 0.4) is 0 Å². The van der Waals surface area contributed by atoms with E-state index in [0.29, 0.717) is 42.4 Å². The molecule has 1 aliphatic heterocycles. The fourth-order valence-electron chi connectivity index (χ4n) is 4.28. The summed E-state index contributed by atoms with van der Waals surface area (Å²) in [6, 6.07) is 7.78. The average molecular weight is 496 g/mol. The number of rotatable bonds is 3. The molecular weight excluding hydrogens is 473 g/mol. The molecule has 4 aromatic heterocycles. The molecule has 0 aromatic carbocycles. The van der Waals surface area contributed by atoms with Crippen molar-refractivity contribution in [3.63, 3.8) is 0 Å². The van der Waals surface area contributed by atoms with E-state index in [1.807, 2.05) is 24.0 Å². The highest BCUT2D eigenvalue weighted by Gasteiger charge is 2.32. The Morgan fingerprint density at radius 1 is 1.08 bits per heavy atom. The van der Waals surface area contributed by atoms with Crippen molar-refractivity contribution in [1.82, 2.24) is 24.5 Å². The summed E-state index contributed by atoms with van der Waals surface area (Å²) in [5.41, 5.74) is 1.47. The van der Waals surface area contributed by atoms with Crippen LogP contribution in [0.15, 0.2) is 47.5 Å². The Labute approximate surface area is 204 Å². The van der Waals surface area contributed by atoms with Gasteiger partial charge in [0.05, 0.1) is 23.2 Å². The molecule has 0 bridgehead atoms. The minimum absolute atomic E-state index is 0.215. The van der Waals surface area contributed by atoms with Gasteiger partial charge in [0.1, 0.15) is 23.4 Å². The molecule has 0 radical (unpaired) electrons. The monoisotopic (exact) mass is 496 g/mol. The first-order valence-electron chi connectivity index (χ1n) is 11.3. The van der Waals surface area contributed by atoms with Gasteiger partial charge < -0.3 is 9.64 Å². The second kappa shape index (κ2) is 8.98. The van der Waals surface area contributed by atoms with Crippen LogP contribution < -0.4 is 10.5 Å². The van der Waals surface area contributed by atoms with Gasteiger partial charge in [0.2, 0.25) is 0 Å². The molecule has 0 spiro atoms. The van der Waals surface area contributed by atoms with Gasteiger partial charge in [-0.15, -0.1) is 0 Å². The molecule has 11 heteroatoms. The first kappa shape index (κ1) is 23.9. The van der Waals surface area contributed by atoms with Gasteiger partial charge in [0, 0.05) is 49.9 Å². The van der Waals surface area contributed by atoms with Gasteiger partial charge in [-0.1, -0.05) is 0 Å². The topological polar surface area (TPSA) is 86.0 Å². The lowest BCUT2D eigenvalue weighted by Gasteiger charge is -2.34. The number of nitrogens with zero attached hydrogens (tertiary/aromatic N) is 6. The highest BCUT2D eigenvalue weighted by Crippen LogP contribution is 2.33. The van der Waals surface area contributed by atoms with Crippen LogP contribution in [-0.2, 0) is 18.0 Å². The van der Waals surface area contributed by atoms with E-state index in [1.54, 1.807) is 26.2 Å². The molecule has 0 saturated carbocycles. The lowest BCUT2D eigenvalue weighted by molar-refractivity contribution is -0.141. The zero-order valence-electron chi connectivity index (χ0n) is 19.9. The van der Waals surface area contributed by atoms with E-state index in [4.69, 9.17) is 9.72 Å². The first-order chi connectivity index (χ1) is 17.1. The highest BCUT2D eigenvalue weighted by atomic mass is 19.4. The molecular formula is C25H23F3N6O2. The Bertz CT molecular complexity index is 1500. The van der Waals surface area contributed by atoms with Gasteiger partial charge in [-0.3, -0.25) is 19.3 Å². The smallest absolute Gasteiger partial charge is 0.370 e. The third-order valence-corrected chi connectivity index (χ3v) is 6.28. The van der Waals surface area contributed by atoms with Crippen LogP contribution in [0.25, 0.3) is 22.2 Å². The maximum atomic E-state index is 13.2. The summed E-state index contributed by atoms with van der Waals surface area (Å²) in [5, 5.41) is 0.225. The van der Waals surface area contributed by atoms with Crippen molar-refractivity contribution < 1.29 is 17.9 Å². The Kier molecular flexibility index (Phi) is 5.95. The number of alkyl halides is 3. The molecule has 1 saturated heterocycles. The minimum Gasteiger partial charge on any atom is -0.370 e. The van der Waals surface area contributed by atoms with Crippen LogP contribution in [-0.4, -0.2) is 44.2 Å². The fraction of sp³-hybridized carbons (Fsp3) is 0.320. The van der Waals surface area contributed by atoms with Crippen LogP contribution in [0.2, 0.25) is 0 Å². The van der Waals surface area contributed by atoms with E-state index >= 15 is 0 Å². The van der Waals surface area contributed by atoms with Crippen molar-refractivity contribution in [2.75, 3.05) is 24.6 Å². The molecule has 0 amide bonds. The SMILES string of the molecule is Cc1cc([C@@H]2CN(c3cc4nc(C)n(C)c(=O)c4c(-c4ccc(C(F)(F)F)nc4)n3)CCO2)ccn1. The van der Waals surface area contributed by atoms with Crippen LogP contribution in [0.5, 0.6) is 0 Å². The molecule has 0 unspecified atom stereocenters. The maximum Gasteiger partial charge on any atom is 0.433 e. The molecule has 8 nitrogen and oxygen atoms in total. The van der Waals surface area contributed by atoms with Gasteiger partial charge in [0.15, 0.2) is 0 Å². The summed E-state index contributed by atoms with van der Waals surface area (Å²) in [6.45, 7) is 5.13. The molecule has 4 aromatic rings. The summed E-state index contributed by atoms with van der Waals surface area (Å²) in [5.74, 6) is 1.06. The number of halogens is 3. The van der Waals surface area contributed by atoms with Crippen LogP contribution in [0.4, 0.5) is 19.0 Å². The quantitative estimate of drug-likeness (QED) is 0.424. The van der Waals surface area contributed by atoms with Crippen molar-refractivity contribution in [3.05, 3.63) is 75.9 Å². The van der Waals surface area contributed by atoms with Gasteiger partial charge >= 0.3 is 6.18 Å². The lowest BCUT2D eigenvalue weighted by atomic mass is 10.1. The number of pyridine rings is 3. The number of morpholine rings is 1. The van der Waals surface area contributed by atoms with Crippen molar-refractivity contribution in [1.29, 1.82) is 0 Å². The van der Waals surface area contributed by atoms with E-state index in [2.05, 4.69) is 15.0 Å². The minimum atomic E-state index is -4.57. The third kappa shape index (κ3) is 4.41. The number of fused-ring (bicyclic) bond motifs is 1. The Morgan fingerprint density at radius 3 is 2.58 bits per heavy atom. The number of hydrogen-bond acceptors (Lipinski definition) is 7. The molecule has 36 heavy (non-hydrogen) atoms. The second-order valence-electron chi connectivity index (χ2n) is 8.71. The molecule has 1 fully saturated rings. The number of ether oxygens (including phenoxy) is 1. The first-order valence-corrected chi connectivity index (χ1v) is 11.3. The van der Waals surface area contributed by atoms with Crippen molar-refractivity contribution >= 4 is 16.7 Å². The van der Waals surface area contributed by atoms with Crippen LogP contribution >= 0.6 is 0 Å². The summed E-state index contributed by atoms with van der Waals surface area (Å²) in [6.07, 6.45) is -1.96. The van der Waals surface area contributed by atoms with Crippen LogP contribution in [0, 0.1) is 13.8 Å². The highest BCUT2D eigenvalue weighted by molar-refractivity contribution is 5.93. The average Bonchev–Trinajstić information content (AvgIpc) is 2.86. The largest absolute Gasteiger partial charge is 0.433 e. The molecule has 5 rings (SSSR count).